The Morgan fingerprint density at radius 2 is 1.45 bits per heavy atom. The van der Waals surface area contributed by atoms with E-state index in [4.69, 9.17) is 4.42 Å². The van der Waals surface area contributed by atoms with Gasteiger partial charge in [-0.15, -0.1) is 0 Å². The van der Waals surface area contributed by atoms with Gasteiger partial charge in [-0.2, -0.15) is 13.2 Å². The molecule has 2 nitrogen and oxygen atoms in total. The fourth-order valence-corrected chi connectivity index (χ4v) is 4.84. The minimum atomic E-state index is -4.34. The molecule has 0 bridgehead atoms. The molecule has 0 amide bonds. The van der Waals surface area contributed by atoms with Crippen LogP contribution in [-0.2, 0) is 6.18 Å². The zero-order valence-electron chi connectivity index (χ0n) is 17.4. The summed E-state index contributed by atoms with van der Waals surface area (Å²) in [7, 11) is 1.85. The van der Waals surface area contributed by atoms with Crippen LogP contribution >= 0.6 is 0 Å². The Balaban J connectivity index is 1.59. The van der Waals surface area contributed by atoms with Gasteiger partial charge in [0.25, 0.3) is 0 Å². The maximum Gasteiger partial charge on any atom is 0.416 e. The maximum atomic E-state index is 12.9. The first-order valence-electron chi connectivity index (χ1n) is 10.8. The molecule has 5 heteroatoms. The number of hydrogen-bond donors (Lipinski definition) is 0. The highest BCUT2D eigenvalue weighted by molar-refractivity contribution is 6.10. The monoisotopic (exact) mass is 423 g/mol. The van der Waals surface area contributed by atoms with Crippen molar-refractivity contribution in [2.45, 2.75) is 44.2 Å². The van der Waals surface area contributed by atoms with Crippen LogP contribution in [-0.4, -0.2) is 7.05 Å². The zero-order chi connectivity index (χ0) is 21.6. The van der Waals surface area contributed by atoms with Gasteiger partial charge in [-0.3, -0.25) is 0 Å². The van der Waals surface area contributed by atoms with Crippen molar-refractivity contribution < 1.29 is 17.6 Å². The van der Waals surface area contributed by atoms with Crippen molar-refractivity contribution in [1.29, 1.82) is 0 Å². The summed E-state index contributed by atoms with van der Waals surface area (Å²) in [6.07, 6.45) is 1.84. The summed E-state index contributed by atoms with van der Waals surface area (Å²) in [4.78, 5) is 1.88. The van der Waals surface area contributed by atoms with Crippen molar-refractivity contribution in [3.8, 4) is 0 Å². The normalized spacial score (nSPS) is 15.6. The Bertz CT molecular complexity index is 1220. The van der Waals surface area contributed by atoms with Gasteiger partial charge in [-0.25, -0.2) is 0 Å². The second kappa shape index (κ2) is 7.63. The number of alkyl halides is 3. The molecule has 0 N–H and O–H groups in total. The van der Waals surface area contributed by atoms with Crippen LogP contribution in [0.1, 0.15) is 49.1 Å². The van der Waals surface area contributed by atoms with Gasteiger partial charge in [0, 0.05) is 23.5 Å². The van der Waals surface area contributed by atoms with Crippen molar-refractivity contribution >= 4 is 33.3 Å². The molecule has 0 spiro atoms. The van der Waals surface area contributed by atoms with Crippen LogP contribution in [0.5, 0.6) is 0 Å². The summed E-state index contributed by atoms with van der Waals surface area (Å²) in [5.41, 5.74) is 3.84. The maximum absolute atomic E-state index is 12.9. The van der Waals surface area contributed by atoms with Gasteiger partial charge >= 0.3 is 6.18 Å². The number of rotatable bonds is 3. The molecule has 0 unspecified atom stereocenters. The highest BCUT2D eigenvalue weighted by Crippen LogP contribution is 2.42. The molecule has 0 radical (unpaired) electrons. The molecular formula is C26H24F3NO. The summed E-state index contributed by atoms with van der Waals surface area (Å²) in [5, 5.41) is 2.13. The van der Waals surface area contributed by atoms with Crippen LogP contribution in [0.15, 0.2) is 65.1 Å². The largest absolute Gasteiger partial charge is 0.454 e. The van der Waals surface area contributed by atoms with E-state index < -0.39 is 11.7 Å². The van der Waals surface area contributed by atoms with Crippen LogP contribution in [0.25, 0.3) is 21.9 Å². The predicted molar refractivity (Wildman–Crippen MR) is 119 cm³/mol. The zero-order valence-corrected chi connectivity index (χ0v) is 17.4. The molecule has 160 valence electrons. The van der Waals surface area contributed by atoms with E-state index >= 15 is 0 Å². The third kappa shape index (κ3) is 3.56. The van der Waals surface area contributed by atoms with Gasteiger partial charge in [0.15, 0.2) is 5.58 Å². The molecule has 3 aromatic carbocycles. The molecule has 1 heterocycles. The number of nitrogens with zero attached hydrogens (tertiary/aromatic N) is 1. The molecule has 1 aromatic heterocycles. The van der Waals surface area contributed by atoms with Crippen molar-refractivity contribution in [1.82, 2.24) is 0 Å². The molecule has 1 saturated carbocycles. The summed E-state index contributed by atoms with van der Waals surface area (Å²) in [6, 6.07) is 17.6. The van der Waals surface area contributed by atoms with Gasteiger partial charge in [0.2, 0.25) is 0 Å². The van der Waals surface area contributed by atoms with Gasteiger partial charge in [-0.1, -0.05) is 49.6 Å². The lowest BCUT2D eigenvalue weighted by Crippen LogP contribution is -2.10. The number of anilines is 2. The van der Waals surface area contributed by atoms with Crippen molar-refractivity contribution in [2.75, 3.05) is 11.9 Å². The van der Waals surface area contributed by atoms with Crippen LogP contribution in [0, 0.1) is 0 Å². The summed E-state index contributed by atoms with van der Waals surface area (Å²) < 4.78 is 45.3. The molecule has 0 aliphatic heterocycles. The molecule has 5 rings (SSSR count). The lowest BCUT2D eigenvalue weighted by Gasteiger charge is -2.22. The molecule has 4 aromatic rings. The van der Waals surface area contributed by atoms with Crippen molar-refractivity contribution in [2.24, 2.45) is 0 Å². The molecule has 1 fully saturated rings. The number of para-hydroxylation sites is 2. The first-order chi connectivity index (χ1) is 14.9. The minimum absolute atomic E-state index is 0.522. The lowest BCUT2D eigenvalue weighted by atomic mass is 9.83. The Kier molecular flexibility index (Phi) is 4.92. The average Bonchev–Trinajstić information content (AvgIpc) is 3.18. The smallest absolute Gasteiger partial charge is 0.416 e. The van der Waals surface area contributed by atoms with Gasteiger partial charge in [0.05, 0.1) is 11.3 Å². The SMILES string of the molecule is CN(c1ccc(C(F)(F)F)cc1)c1cccc2c1oc1c(C3CCCCC3)cccc12. The molecule has 1 aliphatic rings. The summed E-state index contributed by atoms with van der Waals surface area (Å²) >= 11 is 0. The molecule has 0 atom stereocenters. The molecule has 31 heavy (non-hydrogen) atoms. The molecule has 1 aliphatic carbocycles. The Morgan fingerprint density at radius 1 is 0.806 bits per heavy atom. The van der Waals surface area contributed by atoms with E-state index in [1.165, 1.54) is 49.8 Å². The highest BCUT2D eigenvalue weighted by atomic mass is 19.4. The summed E-state index contributed by atoms with van der Waals surface area (Å²) in [6.45, 7) is 0. The van der Waals surface area contributed by atoms with Crippen LogP contribution < -0.4 is 4.90 Å². The van der Waals surface area contributed by atoms with Crippen molar-refractivity contribution in [3.63, 3.8) is 0 Å². The Labute approximate surface area is 179 Å². The molecular weight excluding hydrogens is 399 g/mol. The first-order valence-corrected chi connectivity index (χ1v) is 10.8. The number of furan rings is 1. The summed E-state index contributed by atoms with van der Waals surface area (Å²) in [5.74, 6) is 0.522. The Morgan fingerprint density at radius 3 is 2.13 bits per heavy atom. The number of halogens is 3. The van der Waals surface area contributed by atoms with E-state index in [-0.39, 0.29) is 0 Å². The number of benzene rings is 3. The highest BCUT2D eigenvalue weighted by Gasteiger charge is 2.30. The van der Waals surface area contributed by atoms with Crippen molar-refractivity contribution in [3.05, 3.63) is 71.8 Å². The van der Waals surface area contributed by atoms with E-state index in [2.05, 4.69) is 24.3 Å². The molecule has 0 saturated heterocycles. The van der Waals surface area contributed by atoms with Gasteiger partial charge < -0.3 is 9.32 Å². The standard InChI is InChI=1S/C26H24F3NO/c1-30(19-15-13-18(14-16-19)26(27,28)29)23-12-6-11-22-21-10-5-9-20(24(21)31-25(22)23)17-7-3-2-4-8-17/h5-6,9-17H,2-4,7-8H2,1H3. The lowest BCUT2D eigenvalue weighted by molar-refractivity contribution is -0.137. The van der Waals surface area contributed by atoms with Crippen LogP contribution in [0.2, 0.25) is 0 Å². The third-order valence-corrected chi connectivity index (χ3v) is 6.52. The second-order valence-electron chi connectivity index (χ2n) is 8.42. The Hall–Kier alpha value is -2.95. The second-order valence-corrected chi connectivity index (χ2v) is 8.42. The quantitative estimate of drug-likeness (QED) is 0.329. The van der Waals surface area contributed by atoms with Gasteiger partial charge in [0.1, 0.15) is 5.58 Å². The average molecular weight is 423 g/mol. The van der Waals surface area contributed by atoms with E-state index in [1.807, 2.05) is 24.1 Å². The van der Waals surface area contributed by atoms with E-state index in [9.17, 15) is 13.2 Å². The van der Waals surface area contributed by atoms with Gasteiger partial charge in [-0.05, 0) is 54.7 Å². The predicted octanol–water partition coefficient (Wildman–Crippen LogP) is 8.42. The fourth-order valence-electron chi connectivity index (χ4n) is 4.84. The number of hydrogen-bond acceptors (Lipinski definition) is 2. The van der Waals surface area contributed by atoms with E-state index in [0.29, 0.717) is 11.6 Å². The fraction of sp³-hybridized carbons (Fsp3) is 0.308. The number of fused-ring (bicyclic) bond motifs is 3. The van der Waals surface area contributed by atoms with Crippen LogP contribution in [0.4, 0.5) is 24.5 Å². The van der Waals surface area contributed by atoms with E-state index in [1.54, 1.807) is 0 Å². The van der Waals surface area contributed by atoms with Crippen LogP contribution in [0.3, 0.4) is 0 Å². The third-order valence-electron chi connectivity index (χ3n) is 6.52. The topological polar surface area (TPSA) is 16.4 Å². The first kappa shape index (κ1) is 20.0. The van der Waals surface area contributed by atoms with E-state index in [0.717, 1.165) is 39.8 Å². The minimum Gasteiger partial charge on any atom is -0.454 e.